The summed E-state index contributed by atoms with van der Waals surface area (Å²) in [4.78, 5) is 67.9. The molecule has 4 heterocycles. The van der Waals surface area contributed by atoms with Gasteiger partial charge in [0.05, 0.1) is 48.3 Å². The maximum atomic E-state index is 14.8. The van der Waals surface area contributed by atoms with E-state index in [1.165, 1.54) is 18.1 Å². The van der Waals surface area contributed by atoms with Gasteiger partial charge in [-0.2, -0.15) is 0 Å². The molecule has 17 heteroatoms. The number of hydrogen-bond acceptors (Lipinski definition) is 10. The number of rotatable bonds is 13. The molecule has 0 bridgehead atoms. The Morgan fingerprint density at radius 2 is 1.86 bits per heavy atom. The first-order chi connectivity index (χ1) is 27.3. The number of pyridine rings is 2. The maximum absolute atomic E-state index is 14.8. The van der Waals surface area contributed by atoms with Crippen molar-refractivity contribution in [1.29, 1.82) is 0 Å². The molecule has 5 atom stereocenters. The molecule has 58 heavy (non-hydrogen) atoms. The number of nitrogens with zero attached hydrogens (tertiary/aromatic N) is 4. The predicted molar refractivity (Wildman–Crippen MR) is 209 cm³/mol. The summed E-state index contributed by atoms with van der Waals surface area (Å²) in [6.45, 7) is 8.06. The lowest BCUT2D eigenvalue weighted by molar-refractivity contribution is -0.148. The fourth-order valence-electron chi connectivity index (χ4n) is 7.84. The van der Waals surface area contributed by atoms with Crippen LogP contribution in [0.4, 0.5) is 8.78 Å². The first kappa shape index (κ1) is 41.0. The summed E-state index contributed by atoms with van der Waals surface area (Å²) < 4.78 is 68.0. The number of hydrogen-bond donors (Lipinski definition) is 2. The van der Waals surface area contributed by atoms with Gasteiger partial charge in [0.25, 0.3) is 11.8 Å². The highest BCUT2D eigenvalue weighted by molar-refractivity contribution is 7.91. The van der Waals surface area contributed by atoms with Gasteiger partial charge >= 0.3 is 0 Å². The van der Waals surface area contributed by atoms with E-state index in [-0.39, 0.29) is 32.4 Å². The van der Waals surface area contributed by atoms with Crippen LogP contribution in [0.1, 0.15) is 59.3 Å². The van der Waals surface area contributed by atoms with Crippen LogP contribution in [-0.2, 0) is 29.2 Å². The number of methoxy groups -OCH3 is 1. The molecule has 14 nitrogen and oxygen atoms in total. The third-order valence-electron chi connectivity index (χ3n) is 11.5. The van der Waals surface area contributed by atoms with Crippen molar-refractivity contribution in [3.05, 3.63) is 61.3 Å². The summed E-state index contributed by atoms with van der Waals surface area (Å²) in [7, 11) is -2.42. The van der Waals surface area contributed by atoms with Crippen molar-refractivity contribution in [1.82, 2.24) is 29.8 Å². The fraction of sp³-hybridized carbons (Fsp3) is 0.512. The van der Waals surface area contributed by atoms with Crippen LogP contribution in [0.2, 0.25) is 0 Å². The van der Waals surface area contributed by atoms with Gasteiger partial charge < -0.3 is 24.6 Å². The van der Waals surface area contributed by atoms with Gasteiger partial charge in [-0.05, 0) is 48.9 Å². The molecule has 4 fully saturated rings. The fourth-order valence-corrected chi connectivity index (χ4v) is 9.20. The van der Waals surface area contributed by atoms with Crippen LogP contribution in [0.15, 0.2) is 61.3 Å². The van der Waals surface area contributed by atoms with Crippen LogP contribution < -0.4 is 19.5 Å². The second kappa shape index (κ2) is 15.2. The highest BCUT2D eigenvalue weighted by atomic mass is 32.2. The molecule has 3 aromatic rings. The van der Waals surface area contributed by atoms with Crippen molar-refractivity contribution in [2.75, 3.05) is 26.7 Å². The number of aromatic nitrogens is 2. The third kappa shape index (κ3) is 8.36. The van der Waals surface area contributed by atoms with Gasteiger partial charge in [0, 0.05) is 55.4 Å². The SMILES string of the molecule is C=CC1C[C@]1(NC(=O)[C@@H]1C[C@@H](Oc2cc(-c3ccccn3)nc3cc(OC)ccc23)CN1C(=O)C(CC(=O)N1CCC(F)(F)C1)C(C)(C)C)C(=O)NS(=O)(=O)C1CC1. The van der Waals surface area contributed by atoms with E-state index >= 15 is 0 Å². The van der Waals surface area contributed by atoms with E-state index < -0.39 is 92.7 Å². The molecule has 7 rings (SSSR count). The Hall–Kier alpha value is -5.19. The molecule has 2 aliphatic carbocycles. The van der Waals surface area contributed by atoms with Gasteiger partial charge in [-0.15, -0.1) is 6.58 Å². The zero-order chi connectivity index (χ0) is 41.8. The van der Waals surface area contributed by atoms with Gasteiger partial charge in [-0.25, -0.2) is 22.2 Å². The first-order valence-corrected chi connectivity index (χ1v) is 20.9. The van der Waals surface area contributed by atoms with Crippen LogP contribution in [0.3, 0.4) is 0 Å². The summed E-state index contributed by atoms with van der Waals surface area (Å²) in [5.41, 5.74) is -0.870. The van der Waals surface area contributed by atoms with Crippen LogP contribution in [0.25, 0.3) is 22.3 Å². The van der Waals surface area contributed by atoms with E-state index in [0.29, 0.717) is 46.6 Å². The Bertz CT molecular complexity index is 2250. The lowest BCUT2D eigenvalue weighted by Gasteiger charge is -2.35. The summed E-state index contributed by atoms with van der Waals surface area (Å²) in [5, 5.41) is 2.71. The summed E-state index contributed by atoms with van der Waals surface area (Å²) in [6.07, 6.45) is 2.36. The van der Waals surface area contributed by atoms with Gasteiger partial charge in [-0.1, -0.05) is 32.9 Å². The van der Waals surface area contributed by atoms with Crippen molar-refractivity contribution in [2.24, 2.45) is 17.3 Å². The molecule has 2 N–H and O–H groups in total. The number of carbonyl (C=O) groups is 4. The molecule has 0 radical (unpaired) electrons. The largest absolute Gasteiger partial charge is 0.497 e. The summed E-state index contributed by atoms with van der Waals surface area (Å²) in [6, 6.07) is 11.2. The van der Waals surface area contributed by atoms with Gasteiger partial charge in [0.1, 0.15) is 29.2 Å². The van der Waals surface area contributed by atoms with Gasteiger partial charge in [0.2, 0.25) is 27.7 Å². The van der Waals surface area contributed by atoms with E-state index in [9.17, 15) is 36.4 Å². The van der Waals surface area contributed by atoms with E-state index in [0.717, 1.165) is 4.90 Å². The minimum atomic E-state index is -3.95. The molecule has 1 aromatic carbocycles. The summed E-state index contributed by atoms with van der Waals surface area (Å²) in [5.74, 6) is -6.46. The Kier molecular flexibility index (Phi) is 10.7. The molecule has 2 unspecified atom stereocenters. The van der Waals surface area contributed by atoms with Crippen LogP contribution >= 0.6 is 0 Å². The monoisotopic (exact) mass is 822 g/mol. The highest BCUT2D eigenvalue weighted by Crippen LogP contribution is 2.46. The zero-order valence-corrected chi connectivity index (χ0v) is 33.7. The first-order valence-electron chi connectivity index (χ1n) is 19.4. The number of sulfonamides is 1. The van der Waals surface area contributed by atoms with E-state index in [2.05, 4.69) is 21.6 Å². The topological polar surface area (TPSA) is 177 Å². The Morgan fingerprint density at radius 1 is 1.10 bits per heavy atom. The number of likely N-dealkylation sites (tertiary alicyclic amines) is 2. The normalized spacial score (nSPS) is 24.6. The Morgan fingerprint density at radius 3 is 2.47 bits per heavy atom. The molecule has 0 spiro atoms. The average Bonchev–Trinajstić information content (AvgIpc) is 4.09. The smallest absolute Gasteiger partial charge is 0.267 e. The molecule has 2 saturated heterocycles. The Labute approximate surface area is 335 Å². The van der Waals surface area contributed by atoms with E-state index in [1.54, 1.807) is 63.4 Å². The quantitative estimate of drug-likeness (QED) is 0.237. The molecule has 2 saturated carbocycles. The van der Waals surface area contributed by atoms with Crippen molar-refractivity contribution >= 4 is 44.6 Å². The lowest BCUT2D eigenvalue weighted by Crippen LogP contribution is -2.57. The minimum Gasteiger partial charge on any atom is -0.497 e. The van der Waals surface area contributed by atoms with E-state index in [1.807, 2.05) is 6.07 Å². The number of ether oxygens (including phenoxy) is 2. The molecule has 4 amide bonds. The molecular formula is C41H48F2N6O8S. The second-order valence-corrected chi connectivity index (χ2v) is 18.8. The van der Waals surface area contributed by atoms with Gasteiger partial charge in [0.15, 0.2) is 0 Å². The van der Waals surface area contributed by atoms with Crippen molar-refractivity contribution < 1.29 is 45.9 Å². The molecular weight excluding hydrogens is 775 g/mol. The number of fused-ring (bicyclic) bond motifs is 1. The van der Waals surface area contributed by atoms with Crippen molar-refractivity contribution in [2.45, 2.75) is 88.2 Å². The molecule has 2 aliphatic heterocycles. The molecule has 4 aliphatic rings. The van der Waals surface area contributed by atoms with Crippen LogP contribution in [0.5, 0.6) is 11.5 Å². The number of halogens is 2. The van der Waals surface area contributed by atoms with Crippen molar-refractivity contribution in [3.63, 3.8) is 0 Å². The number of benzene rings is 1. The highest BCUT2D eigenvalue weighted by Gasteiger charge is 2.62. The Balaban J connectivity index is 1.21. The standard InChI is InChI=1S/C41H48F2N6O8S/c1-6-24-21-41(24,38(53)47-58(54,55)27-11-12-27)46-36(51)33-18-26(22-49(33)37(52)29(39(2,3)4)19-35(50)48-16-14-40(42,43)23-48)57-34-20-32(30-9-7-8-15-44-30)45-31-17-25(56-5)10-13-28(31)34/h6-10,13,15,17,20,24,26-27,29,33H,1,11-12,14,16,18-19,21-23H2,2-5H3,(H,46,51)(H,47,53)/t24?,26-,29?,33+,41-/m1/s1. The molecule has 2 aromatic heterocycles. The maximum Gasteiger partial charge on any atom is 0.267 e. The van der Waals surface area contributed by atoms with Crippen LogP contribution in [-0.4, -0.2) is 107 Å². The molecule has 310 valence electrons. The van der Waals surface area contributed by atoms with Crippen molar-refractivity contribution in [3.8, 4) is 22.9 Å². The van der Waals surface area contributed by atoms with Crippen LogP contribution in [0, 0.1) is 17.3 Å². The number of alkyl halides is 2. The minimum absolute atomic E-state index is 0.0452. The summed E-state index contributed by atoms with van der Waals surface area (Å²) >= 11 is 0. The number of carbonyl (C=O) groups excluding carboxylic acids is 4. The predicted octanol–water partition coefficient (Wildman–Crippen LogP) is 4.24. The second-order valence-electron chi connectivity index (χ2n) is 16.8. The average molecular weight is 823 g/mol. The lowest BCUT2D eigenvalue weighted by atomic mass is 9.77. The van der Waals surface area contributed by atoms with Gasteiger partial charge in [-0.3, -0.25) is 28.9 Å². The van der Waals surface area contributed by atoms with E-state index in [4.69, 9.17) is 14.5 Å². The number of nitrogens with one attached hydrogen (secondary N) is 2. The third-order valence-corrected chi connectivity index (χ3v) is 13.4. The zero-order valence-electron chi connectivity index (χ0n) is 32.9. The number of amides is 4.